The predicted octanol–water partition coefficient (Wildman–Crippen LogP) is 2.44. The fourth-order valence-electron chi connectivity index (χ4n) is 2.44. The zero-order chi connectivity index (χ0) is 16.8. The fraction of sp³-hybridized carbons (Fsp3) is 0.133. The standard InChI is InChI=1S/C15H14BrN3O3S/c1-18-12-8-7-10(9-13(12)19(2)15(18)20)17-23(21,22)14-6-4-3-5-11(14)16/h3-9,17H,1-2H3. The van der Waals surface area contributed by atoms with Gasteiger partial charge in [-0.1, -0.05) is 12.1 Å². The Kier molecular flexibility index (Phi) is 3.81. The summed E-state index contributed by atoms with van der Waals surface area (Å²) < 4.78 is 31.0. The molecule has 3 aromatic rings. The van der Waals surface area contributed by atoms with Gasteiger partial charge >= 0.3 is 5.69 Å². The smallest absolute Gasteiger partial charge is 0.295 e. The number of hydrogen-bond acceptors (Lipinski definition) is 3. The van der Waals surface area contributed by atoms with Crippen LogP contribution in [0.2, 0.25) is 0 Å². The van der Waals surface area contributed by atoms with E-state index >= 15 is 0 Å². The van der Waals surface area contributed by atoms with Gasteiger partial charge in [0, 0.05) is 18.6 Å². The molecule has 0 fully saturated rings. The molecule has 0 spiro atoms. The first-order valence-corrected chi connectivity index (χ1v) is 9.02. The Labute approximate surface area is 141 Å². The molecule has 1 aromatic heterocycles. The number of imidazole rings is 1. The maximum atomic E-state index is 12.5. The van der Waals surface area contributed by atoms with Gasteiger partial charge in [0.25, 0.3) is 10.0 Å². The molecule has 0 amide bonds. The highest BCUT2D eigenvalue weighted by atomic mass is 79.9. The highest BCUT2D eigenvalue weighted by molar-refractivity contribution is 9.10. The number of benzene rings is 2. The zero-order valence-corrected chi connectivity index (χ0v) is 14.8. The van der Waals surface area contributed by atoms with Gasteiger partial charge in [0.05, 0.1) is 16.7 Å². The summed E-state index contributed by atoms with van der Waals surface area (Å²) in [5.74, 6) is 0. The van der Waals surface area contributed by atoms with Gasteiger partial charge in [0.2, 0.25) is 0 Å². The highest BCUT2D eigenvalue weighted by Gasteiger charge is 2.18. The molecule has 0 aliphatic heterocycles. The second kappa shape index (κ2) is 5.54. The minimum atomic E-state index is -3.72. The van der Waals surface area contributed by atoms with E-state index in [9.17, 15) is 13.2 Å². The largest absolute Gasteiger partial charge is 0.328 e. The van der Waals surface area contributed by atoms with E-state index in [1.165, 1.54) is 15.2 Å². The Morgan fingerprint density at radius 3 is 2.35 bits per heavy atom. The van der Waals surface area contributed by atoms with Crippen molar-refractivity contribution in [2.45, 2.75) is 4.90 Å². The number of fused-ring (bicyclic) bond motifs is 1. The number of rotatable bonds is 3. The van der Waals surface area contributed by atoms with Crippen molar-refractivity contribution >= 4 is 42.7 Å². The number of aryl methyl sites for hydroxylation is 2. The lowest BCUT2D eigenvalue weighted by atomic mass is 10.3. The minimum Gasteiger partial charge on any atom is -0.295 e. The van der Waals surface area contributed by atoms with Crippen LogP contribution < -0.4 is 10.4 Å². The molecule has 8 heteroatoms. The van der Waals surface area contributed by atoms with E-state index in [0.717, 1.165) is 5.52 Å². The van der Waals surface area contributed by atoms with Crippen LogP contribution in [-0.2, 0) is 24.1 Å². The quantitative estimate of drug-likeness (QED) is 0.739. The molecule has 1 N–H and O–H groups in total. The first-order valence-electron chi connectivity index (χ1n) is 6.74. The van der Waals surface area contributed by atoms with Crippen molar-refractivity contribution in [2.75, 3.05) is 4.72 Å². The van der Waals surface area contributed by atoms with Gasteiger partial charge in [-0.15, -0.1) is 0 Å². The van der Waals surface area contributed by atoms with Crippen molar-refractivity contribution in [3.63, 3.8) is 0 Å². The Balaban J connectivity index is 2.07. The molecule has 3 rings (SSSR count). The summed E-state index contributed by atoms with van der Waals surface area (Å²) >= 11 is 3.24. The molecule has 0 bridgehead atoms. The van der Waals surface area contributed by atoms with Crippen molar-refractivity contribution in [3.8, 4) is 0 Å². The van der Waals surface area contributed by atoms with Crippen molar-refractivity contribution < 1.29 is 8.42 Å². The van der Waals surface area contributed by atoms with Gasteiger partial charge in [-0.3, -0.25) is 13.9 Å². The second-order valence-electron chi connectivity index (χ2n) is 5.14. The second-order valence-corrected chi connectivity index (χ2v) is 7.65. The van der Waals surface area contributed by atoms with Crippen LogP contribution in [0, 0.1) is 0 Å². The van der Waals surface area contributed by atoms with Crippen LogP contribution in [0.3, 0.4) is 0 Å². The predicted molar refractivity (Wildman–Crippen MR) is 93.1 cm³/mol. The van der Waals surface area contributed by atoms with E-state index in [-0.39, 0.29) is 10.6 Å². The van der Waals surface area contributed by atoms with Crippen LogP contribution >= 0.6 is 15.9 Å². The molecule has 1 heterocycles. The molecule has 2 aromatic carbocycles. The molecule has 23 heavy (non-hydrogen) atoms. The summed E-state index contributed by atoms with van der Waals surface area (Å²) in [5.41, 5.74) is 1.63. The zero-order valence-electron chi connectivity index (χ0n) is 12.4. The van der Waals surface area contributed by atoms with Crippen LogP contribution in [0.15, 0.2) is 56.6 Å². The number of halogens is 1. The number of anilines is 1. The third kappa shape index (κ3) is 2.68. The molecular weight excluding hydrogens is 382 g/mol. The van der Waals surface area contributed by atoms with Crippen molar-refractivity contribution in [1.29, 1.82) is 0 Å². The number of nitrogens with one attached hydrogen (secondary N) is 1. The Morgan fingerprint density at radius 2 is 1.65 bits per heavy atom. The van der Waals surface area contributed by atoms with Crippen LogP contribution in [0.4, 0.5) is 5.69 Å². The summed E-state index contributed by atoms with van der Waals surface area (Å²) in [6.07, 6.45) is 0. The highest BCUT2D eigenvalue weighted by Crippen LogP contribution is 2.25. The van der Waals surface area contributed by atoms with E-state index in [2.05, 4.69) is 20.7 Å². The lowest BCUT2D eigenvalue weighted by molar-refractivity contribution is 0.601. The number of nitrogens with zero attached hydrogens (tertiary/aromatic N) is 2. The van der Waals surface area contributed by atoms with Gasteiger partial charge < -0.3 is 0 Å². The lowest BCUT2D eigenvalue weighted by Crippen LogP contribution is -2.19. The molecule has 0 aliphatic carbocycles. The Bertz CT molecular complexity index is 1070. The van der Waals surface area contributed by atoms with Crippen LogP contribution in [0.1, 0.15) is 0 Å². The number of aromatic nitrogens is 2. The Hall–Kier alpha value is -2.06. The first-order chi connectivity index (χ1) is 10.8. The summed E-state index contributed by atoms with van der Waals surface area (Å²) in [5, 5.41) is 0. The van der Waals surface area contributed by atoms with Gasteiger partial charge in [0.1, 0.15) is 4.90 Å². The summed E-state index contributed by atoms with van der Waals surface area (Å²) in [7, 11) is -0.394. The topological polar surface area (TPSA) is 73.1 Å². The lowest BCUT2D eigenvalue weighted by Gasteiger charge is -2.10. The number of hydrogen-bond donors (Lipinski definition) is 1. The molecule has 0 saturated carbocycles. The SMILES string of the molecule is Cn1c(=O)n(C)c2cc(NS(=O)(=O)c3ccccc3Br)ccc21. The summed E-state index contributed by atoms with van der Waals surface area (Å²) in [6.45, 7) is 0. The van der Waals surface area contributed by atoms with Gasteiger partial charge in [0.15, 0.2) is 0 Å². The molecular formula is C15H14BrN3O3S. The third-order valence-corrected chi connectivity index (χ3v) is 6.04. The van der Waals surface area contributed by atoms with E-state index in [1.54, 1.807) is 50.5 Å². The average molecular weight is 396 g/mol. The fourth-order valence-corrected chi connectivity index (χ4v) is 4.50. The van der Waals surface area contributed by atoms with Gasteiger partial charge in [-0.05, 0) is 46.3 Å². The normalized spacial score (nSPS) is 11.8. The summed E-state index contributed by atoms with van der Waals surface area (Å²) in [4.78, 5) is 12.1. The maximum absolute atomic E-state index is 12.5. The van der Waals surface area contributed by atoms with Crippen molar-refractivity contribution in [1.82, 2.24) is 9.13 Å². The summed E-state index contributed by atoms with van der Waals surface area (Å²) in [6, 6.07) is 11.6. The van der Waals surface area contributed by atoms with Crippen molar-refractivity contribution in [3.05, 3.63) is 57.4 Å². The third-order valence-electron chi connectivity index (χ3n) is 3.65. The van der Waals surface area contributed by atoms with Crippen LogP contribution in [0.5, 0.6) is 0 Å². The molecule has 0 unspecified atom stereocenters. The van der Waals surface area contributed by atoms with E-state index in [1.807, 2.05) is 0 Å². The maximum Gasteiger partial charge on any atom is 0.328 e. The molecule has 6 nitrogen and oxygen atoms in total. The van der Waals surface area contributed by atoms with Gasteiger partial charge in [-0.2, -0.15) is 0 Å². The molecule has 0 saturated heterocycles. The van der Waals surface area contributed by atoms with Crippen LogP contribution in [-0.4, -0.2) is 17.6 Å². The van der Waals surface area contributed by atoms with E-state index in [4.69, 9.17) is 0 Å². The molecule has 0 atom stereocenters. The minimum absolute atomic E-state index is 0.155. The molecule has 120 valence electrons. The van der Waals surface area contributed by atoms with E-state index in [0.29, 0.717) is 15.7 Å². The Morgan fingerprint density at radius 1 is 1.00 bits per heavy atom. The molecule has 0 radical (unpaired) electrons. The first kappa shape index (κ1) is 15.8. The monoisotopic (exact) mass is 395 g/mol. The van der Waals surface area contributed by atoms with E-state index < -0.39 is 10.0 Å². The molecule has 0 aliphatic rings. The van der Waals surface area contributed by atoms with Crippen molar-refractivity contribution in [2.24, 2.45) is 14.1 Å². The van der Waals surface area contributed by atoms with Gasteiger partial charge in [-0.25, -0.2) is 13.2 Å². The van der Waals surface area contributed by atoms with Crippen LogP contribution in [0.25, 0.3) is 11.0 Å². The number of sulfonamides is 1. The average Bonchev–Trinajstić information content (AvgIpc) is 2.72.